The normalized spacial score (nSPS) is 15.9. The fraction of sp³-hybridized carbons (Fsp3) is 0.304. The molecule has 5 nitrogen and oxygen atoms in total. The number of para-hydroxylation sites is 2. The van der Waals surface area contributed by atoms with Gasteiger partial charge in [0.15, 0.2) is 0 Å². The number of carbonyl (C=O) groups excluding carboxylic acids is 1. The van der Waals surface area contributed by atoms with Crippen LogP contribution in [0.4, 0.5) is 5.95 Å². The maximum atomic E-state index is 13.1. The molecule has 4 rings (SSSR count). The highest BCUT2D eigenvalue weighted by atomic mass is 35.5. The number of halogens is 1. The van der Waals surface area contributed by atoms with Crippen molar-refractivity contribution in [1.29, 1.82) is 0 Å². The lowest BCUT2D eigenvalue weighted by Gasteiger charge is -2.30. The number of nitrogens with one attached hydrogen (secondary N) is 1. The third kappa shape index (κ3) is 3.75. The maximum absolute atomic E-state index is 13.1. The molecule has 0 spiro atoms. The standard InChI is InChI=1S/C23H24ClN3O2/c1-3-4-7-14-29-22(28)20-15(2)25-23-26-18-8-5-6-9-19(18)27(23)21(20)16-10-12-17(24)13-11-16/h5-6,8-13,21H,3-4,7,14H2,1-2H3,(H,25,26)/t21-/m1/s1. The van der Waals surface area contributed by atoms with Crippen molar-refractivity contribution in [3.05, 3.63) is 70.4 Å². The van der Waals surface area contributed by atoms with Crippen LogP contribution in [0, 0.1) is 0 Å². The summed E-state index contributed by atoms with van der Waals surface area (Å²) >= 11 is 6.12. The lowest BCUT2D eigenvalue weighted by Crippen LogP contribution is -2.29. The summed E-state index contributed by atoms with van der Waals surface area (Å²) in [6.45, 7) is 4.45. The Hall–Kier alpha value is -2.79. The molecule has 1 aromatic heterocycles. The fourth-order valence-corrected chi connectivity index (χ4v) is 3.91. The SMILES string of the molecule is CCCCCOC(=O)C1=C(C)Nc2nc3ccccc3n2[C@@H]1c1ccc(Cl)cc1. The number of allylic oxidation sites excluding steroid dienone is 1. The lowest BCUT2D eigenvalue weighted by molar-refractivity contribution is -0.139. The van der Waals surface area contributed by atoms with E-state index in [1.807, 2.05) is 55.5 Å². The quantitative estimate of drug-likeness (QED) is 0.418. The van der Waals surface area contributed by atoms with Crippen LogP contribution >= 0.6 is 11.6 Å². The number of rotatable bonds is 6. The molecule has 0 unspecified atom stereocenters. The molecule has 0 radical (unpaired) electrons. The molecular weight excluding hydrogens is 386 g/mol. The van der Waals surface area contributed by atoms with E-state index in [4.69, 9.17) is 21.3 Å². The van der Waals surface area contributed by atoms with Gasteiger partial charge in [0, 0.05) is 10.7 Å². The minimum Gasteiger partial charge on any atom is -0.462 e. The van der Waals surface area contributed by atoms with Crippen molar-refractivity contribution in [3.8, 4) is 0 Å². The lowest BCUT2D eigenvalue weighted by atomic mass is 9.95. The van der Waals surface area contributed by atoms with Gasteiger partial charge in [-0.25, -0.2) is 9.78 Å². The average Bonchev–Trinajstić information content (AvgIpc) is 3.08. The van der Waals surface area contributed by atoms with E-state index in [1.165, 1.54) is 0 Å². The van der Waals surface area contributed by atoms with Crippen LogP contribution in [0.5, 0.6) is 0 Å². The van der Waals surface area contributed by atoms with Crippen LogP contribution in [-0.4, -0.2) is 22.1 Å². The molecule has 0 fully saturated rings. The molecule has 150 valence electrons. The van der Waals surface area contributed by atoms with Crippen LogP contribution in [-0.2, 0) is 9.53 Å². The molecule has 29 heavy (non-hydrogen) atoms. The van der Waals surface area contributed by atoms with Gasteiger partial charge in [-0.1, -0.05) is 55.6 Å². The first-order valence-electron chi connectivity index (χ1n) is 9.97. The summed E-state index contributed by atoms with van der Waals surface area (Å²) in [7, 11) is 0. The van der Waals surface area contributed by atoms with Gasteiger partial charge < -0.3 is 10.1 Å². The summed E-state index contributed by atoms with van der Waals surface area (Å²) in [5.74, 6) is 0.417. The maximum Gasteiger partial charge on any atom is 0.338 e. The molecule has 2 heterocycles. The topological polar surface area (TPSA) is 56.1 Å². The van der Waals surface area contributed by atoms with Crippen molar-refractivity contribution >= 4 is 34.6 Å². The average molecular weight is 410 g/mol. The summed E-state index contributed by atoms with van der Waals surface area (Å²) in [5, 5.41) is 3.95. The highest BCUT2D eigenvalue weighted by Crippen LogP contribution is 2.39. The Kier molecular flexibility index (Phi) is 5.58. The summed E-state index contributed by atoms with van der Waals surface area (Å²) in [6, 6.07) is 15.2. The number of esters is 1. The Morgan fingerprint density at radius 1 is 1.17 bits per heavy atom. The molecule has 3 aromatic rings. The molecule has 0 amide bonds. The number of unbranched alkanes of at least 4 members (excludes halogenated alkanes) is 2. The van der Waals surface area contributed by atoms with Gasteiger partial charge in [0.2, 0.25) is 5.95 Å². The first kappa shape index (κ1) is 19.5. The van der Waals surface area contributed by atoms with Crippen LogP contribution in [0.3, 0.4) is 0 Å². The molecular formula is C23H24ClN3O2. The molecule has 6 heteroatoms. The molecule has 0 bridgehead atoms. The molecule has 1 aliphatic heterocycles. The summed E-state index contributed by atoms with van der Waals surface area (Å²) in [5.41, 5.74) is 4.14. The zero-order valence-electron chi connectivity index (χ0n) is 16.6. The second kappa shape index (κ2) is 8.29. The van der Waals surface area contributed by atoms with Crippen molar-refractivity contribution < 1.29 is 9.53 Å². The third-order valence-corrected chi connectivity index (χ3v) is 5.47. The highest BCUT2D eigenvalue weighted by molar-refractivity contribution is 6.30. The van der Waals surface area contributed by atoms with E-state index in [9.17, 15) is 4.79 Å². The summed E-state index contributed by atoms with van der Waals surface area (Å²) < 4.78 is 7.70. The van der Waals surface area contributed by atoms with Gasteiger partial charge in [-0.15, -0.1) is 0 Å². The van der Waals surface area contributed by atoms with Crippen molar-refractivity contribution in [2.45, 2.75) is 39.2 Å². The number of carbonyl (C=O) groups is 1. The number of hydrogen-bond donors (Lipinski definition) is 1. The van der Waals surface area contributed by atoms with Crippen LogP contribution in [0.1, 0.15) is 44.7 Å². The predicted octanol–water partition coefficient (Wildman–Crippen LogP) is 5.71. The van der Waals surface area contributed by atoms with E-state index in [-0.39, 0.29) is 12.0 Å². The van der Waals surface area contributed by atoms with Crippen LogP contribution < -0.4 is 5.32 Å². The van der Waals surface area contributed by atoms with Gasteiger partial charge in [0.25, 0.3) is 0 Å². The number of aromatic nitrogens is 2. The van der Waals surface area contributed by atoms with Crippen molar-refractivity contribution in [3.63, 3.8) is 0 Å². The van der Waals surface area contributed by atoms with E-state index in [1.54, 1.807) is 0 Å². The fourth-order valence-electron chi connectivity index (χ4n) is 3.78. The van der Waals surface area contributed by atoms with E-state index in [2.05, 4.69) is 16.8 Å². The van der Waals surface area contributed by atoms with E-state index in [0.29, 0.717) is 23.2 Å². The van der Waals surface area contributed by atoms with Gasteiger partial charge in [-0.2, -0.15) is 0 Å². The van der Waals surface area contributed by atoms with Crippen LogP contribution in [0.15, 0.2) is 59.8 Å². The van der Waals surface area contributed by atoms with Crippen molar-refractivity contribution in [2.24, 2.45) is 0 Å². The van der Waals surface area contributed by atoms with Crippen molar-refractivity contribution in [2.75, 3.05) is 11.9 Å². The molecule has 1 atom stereocenters. The molecule has 2 aromatic carbocycles. The zero-order valence-corrected chi connectivity index (χ0v) is 17.4. The Labute approximate surface area is 175 Å². The van der Waals surface area contributed by atoms with Gasteiger partial charge in [0.1, 0.15) is 0 Å². The Bertz CT molecular complexity index is 1070. The third-order valence-electron chi connectivity index (χ3n) is 5.22. The van der Waals surface area contributed by atoms with E-state index in [0.717, 1.165) is 41.6 Å². The number of fused-ring (bicyclic) bond motifs is 3. The van der Waals surface area contributed by atoms with Gasteiger partial charge in [-0.05, 0) is 43.2 Å². The monoisotopic (exact) mass is 409 g/mol. The van der Waals surface area contributed by atoms with Gasteiger partial charge in [-0.3, -0.25) is 4.57 Å². The Morgan fingerprint density at radius 3 is 2.69 bits per heavy atom. The smallest absolute Gasteiger partial charge is 0.338 e. The summed E-state index contributed by atoms with van der Waals surface area (Å²) in [6.07, 6.45) is 2.99. The number of hydrogen-bond acceptors (Lipinski definition) is 4. The first-order valence-corrected chi connectivity index (χ1v) is 10.3. The first-order chi connectivity index (χ1) is 14.1. The minimum absolute atomic E-state index is 0.297. The second-order valence-corrected chi connectivity index (χ2v) is 7.69. The Balaban J connectivity index is 1.80. The minimum atomic E-state index is -0.338. The summed E-state index contributed by atoms with van der Waals surface area (Å²) in [4.78, 5) is 17.8. The predicted molar refractivity (Wildman–Crippen MR) is 116 cm³/mol. The number of nitrogens with zero attached hydrogens (tertiary/aromatic N) is 2. The van der Waals surface area contributed by atoms with E-state index < -0.39 is 0 Å². The number of anilines is 1. The molecule has 1 aliphatic rings. The Morgan fingerprint density at radius 2 is 1.93 bits per heavy atom. The largest absolute Gasteiger partial charge is 0.462 e. The van der Waals surface area contributed by atoms with Crippen molar-refractivity contribution in [1.82, 2.24) is 9.55 Å². The highest BCUT2D eigenvalue weighted by Gasteiger charge is 2.34. The molecule has 0 aliphatic carbocycles. The van der Waals surface area contributed by atoms with Crippen LogP contribution in [0.2, 0.25) is 5.02 Å². The van der Waals surface area contributed by atoms with Gasteiger partial charge >= 0.3 is 5.97 Å². The molecule has 0 saturated carbocycles. The van der Waals surface area contributed by atoms with E-state index >= 15 is 0 Å². The number of benzene rings is 2. The molecule has 0 saturated heterocycles. The molecule has 1 N–H and O–H groups in total. The number of ether oxygens (including phenoxy) is 1. The van der Waals surface area contributed by atoms with Gasteiger partial charge in [0.05, 0.1) is 29.3 Å². The van der Waals surface area contributed by atoms with Crippen LogP contribution in [0.25, 0.3) is 11.0 Å². The second-order valence-electron chi connectivity index (χ2n) is 7.25. The zero-order chi connectivity index (χ0) is 20.4. The number of imidazole rings is 1.